The highest BCUT2D eigenvalue weighted by molar-refractivity contribution is 6.30. The van der Waals surface area contributed by atoms with Gasteiger partial charge in [-0.15, -0.1) is 0 Å². The number of benzene rings is 2. The minimum atomic E-state index is -0.247. The van der Waals surface area contributed by atoms with Gasteiger partial charge in [0.05, 0.1) is 6.54 Å². The smallest absolute Gasteiger partial charge is 0.251 e. The fraction of sp³-hybridized carbons (Fsp3) is 0.263. The van der Waals surface area contributed by atoms with E-state index in [1.807, 2.05) is 50.2 Å². The van der Waals surface area contributed by atoms with Crippen LogP contribution < -0.4 is 10.6 Å². The van der Waals surface area contributed by atoms with Crippen LogP contribution >= 0.6 is 11.6 Å². The lowest BCUT2D eigenvalue weighted by atomic mass is 10.1. The lowest BCUT2D eigenvalue weighted by Gasteiger charge is -2.08. The highest BCUT2D eigenvalue weighted by Crippen LogP contribution is 2.11. The standard InChI is InChI=1S/C19H21ClN2O2/c1-13-6-7-16(10-14(13)2)19(24)22-12-18(23)21-9-8-15-4-3-5-17(20)11-15/h3-7,10-11H,8-9,12H2,1-2H3,(H,21,23)(H,22,24). The van der Waals surface area contributed by atoms with Crippen molar-refractivity contribution in [3.05, 3.63) is 69.7 Å². The van der Waals surface area contributed by atoms with E-state index in [-0.39, 0.29) is 18.4 Å². The summed E-state index contributed by atoms with van der Waals surface area (Å²) in [6, 6.07) is 13.0. The Morgan fingerprint density at radius 2 is 1.79 bits per heavy atom. The molecule has 0 fully saturated rings. The molecular formula is C19H21ClN2O2. The van der Waals surface area contributed by atoms with Crippen molar-refractivity contribution < 1.29 is 9.59 Å². The summed E-state index contributed by atoms with van der Waals surface area (Å²) < 4.78 is 0. The normalized spacial score (nSPS) is 10.3. The molecule has 0 spiro atoms. The van der Waals surface area contributed by atoms with E-state index in [9.17, 15) is 9.59 Å². The van der Waals surface area contributed by atoms with E-state index in [4.69, 9.17) is 11.6 Å². The molecule has 0 saturated heterocycles. The van der Waals surface area contributed by atoms with Gasteiger partial charge < -0.3 is 10.6 Å². The van der Waals surface area contributed by atoms with Gasteiger partial charge in [0.2, 0.25) is 5.91 Å². The lowest BCUT2D eigenvalue weighted by molar-refractivity contribution is -0.120. The molecule has 4 nitrogen and oxygen atoms in total. The molecule has 0 aromatic heterocycles. The molecule has 126 valence electrons. The number of carbonyl (C=O) groups is 2. The number of hydrogen-bond donors (Lipinski definition) is 2. The first-order valence-corrected chi connectivity index (χ1v) is 8.20. The fourth-order valence-corrected chi connectivity index (χ4v) is 2.46. The second-order valence-electron chi connectivity index (χ2n) is 5.71. The molecule has 0 bridgehead atoms. The Kier molecular flexibility index (Phi) is 6.38. The average Bonchev–Trinajstić information content (AvgIpc) is 2.55. The minimum absolute atomic E-state index is 0.0404. The third-order valence-corrected chi connectivity index (χ3v) is 4.04. The predicted molar refractivity (Wildman–Crippen MR) is 96.4 cm³/mol. The summed E-state index contributed by atoms with van der Waals surface area (Å²) in [6.45, 7) is 4.40. The van der Waals surface area contributed by atoms with Crippen LogP contribution in [0.4, 0.5) is 0 Å². The van der Waals surface area contributed by atoms with Gasteiger partial charge in [-0.3, -0.25) is 9.59 Å². The van der Waals surface area contributed by atoms with Crippen LogP contribution in [0.25, 0.3) is 0 Å². The van der Waals surface area contributed by atoms with Gasteiger partial charge in [0.15, 0.2) is 0 Å². The molecule has 0 heterocycles. The number of carbonyl (C=O) groups excluding carboxylic acids is 2. The minimum Gasteiger partial charge on any atom is -0.354 e. The van der Waals surface area contributed by atoms with Crippen LogP contribution in [0.15, 0.2) is 42.5 Å². The molecule has 2 amide bonds. The fourth-order valence-electron chi connectivity index (χ4n) is 2.25. The molecule has 2 N–H and O–H groups in total. The van der Waals surface area contributed by atoms with E-state index in [0.29, 0.717) is 23.6 Å². The molecule has 2 rings (SSSR count). The van der Waals surface area contributed by atoms with Crippen molar-refractivity contribution in [3.63, 3.8) is 0 Å². The van der Waals surface area contributed by atoms with Crippen LogP contribution in [0.5, 0.6) is 0 Å². The average molecular weight is 345 g/mol. The SMILES string of the molecule is Cc1ccc(C(=O)NCC(=O)NCCc2cccc(Cl)c2)cc1C. The zero-order chi connectivity index (χ0) is 17.5. The molecule has 5 heteroatoms. The van der Waals surface area contributed by atoms with Crippen molar-refractivity contribution in [2.24, 2.45) is 0 Å². The summed E-state index contributed by atoms with van der Waals surface area (Å²) in [5.74, 6) is -0.461. The summed E-state index contributed by atoms with van der Waals surface area (Å²) in [7, 11) is 0. The number of aryl methyl sites for hydroxylation is 2. The second kappa shape index (κ2) is 8.50. The Labute approximate surface area is 147 Å². The molecule has 0 radical (unpaired) electrons. The summed E-state index contributed by atoms with van der Waals surface area (Å²) in [5, 5.41) is 6.09. The van der Waals surface area contributed by atoms with E-state index in [0.717, 1.165) is 16.7 Å². The molecule has 24 heavy (non-hydrogen) atoms. The van der Waals surface area contributed by atoms with Crippen molar-refractivity contribution in [1.29, 1.82) is 0 Å². The number of nitrogens with one attached hydrogen (secondary N) is 2. The Hall–Kier alpha value is -2.33. The quantitative estimate of drug-likeness (QED) is 0.846. The first kappa shape index (κ1) is 18.0. The maximum absolute atomic E-state index is 12.0. The predicted octanol–water partition coefficient (Wildman–Crippen LogP) is 3.05. The van der Waals surface area contributed by atoms with Crippen molar-refractivity contribution in [3.8, 4) is 0 Å². The Morgan fingerprint density at radius 3 is 2.50 bits per heavy atom. The third kappa shape index (κ3) is 5.39. The number of amides is 2. The van der Waals surface area contributed by atoms with Gasteiger partial charge in [-0.25, -0.2) is 0 Å². The second-order valence-corrected chi connectivity index (χ2v) is 6.15. The van der Waals surface area contributed by atoms with E-state index >= 15 is 0 Å². The van der Waals surface area contributed by atoms with Crippen molar-refractivity contribution in [2.45, 2.75) is 20.3 Å². The highest BCUT2D eigenvalue weighted by Gasteiger charge is 2.08. The maximum atomic E-state index is 12.0. The number of halogens is 1. The van der Waals surface area contributed by atoms with Crippen LogP contribution in [-0.4, -0.2) is 24.9 Å². The molecule has 0 aliphatic carbocycles. The van der Waals surface area contributed by atoms with Gasteiger partial charge in [-0.05, 0) is 61.2 Å². The van der Waals surface area contributed by atoms with E-state index in [2.05, 4.69) is 10.6 Å². The van der Waals surface area contributed by atoms with Crippen LogP contribution in [0.2, 0.25) is 5.02 Å². The van der Waals surface area contributed by atoms with Gasteiger partial charge >= 0.3 is 0 Å². The monoisotopic (exact) mass is 344 g/mol. The molecule has 2 aromatic rings. The highest BCUT2D eigenvalue weighted by atomic mass is 35.5. The molecule has 0 saturated carbocycles. The summed E-state index contributed by atoms with van der Waals surface area (Å²) in [4.78, 5) is 23.8. The van der Waals surface area contributed by atoms with Crippen molar-refractivity contribution in [2.75, 3.05) is 13.1 Å². The number of rotatable bonds is 6. The van der Waals surface area contributed by atoms with Gasteiger partial charge in [-0.2, -0.15) is 0 Å². The van der Waals surface area contributed by atoms with Gasteiger partial charge in [0.1, 0.15) is 0 Å². The Balaban J connectivity index is 1.74. The topological polar surface area (TPSA) is 58.2 Å². The van der Waals surface area contributed by atoms with Gasteiger partial charge in [0, 0.05) is 17.1 Å². The zero-order valence-corrected chi connectivity index (χ0v) is 14.6. The largest absolute Gasteiger partial charge is 0.354 e. The Morgan fingerprint density at radius 1 is 1.00 bits per heavy atom. The first-order valence-electron chi connectivity index (χ1n) is 7.82. The molecule has 0 aliphatic rings. The van der Waals surface area contributed by atoms with E-state index in [1.54, 1.807) is 6.07 Å². The van der Waals surface area contributed by atoms with E-state index < -0.39 is 0 Å². The summed E-state index contributed by atoms with van der Waals surface area (Å²) in [6.07, 6.45) is 0.692. The molecule has 2 aromatic carbocycles. The van der Waals surface area contributed by atoms with Crippen LogP contribution in [0.1, 0.15) is 27.0 Å². The van der Waals surface area contributed by atoms with Crippen LogP contribution in [-0.2, 0) is 11.2 Å². The molecule has 0 unspecified atom stereocenters. The van der Waals surface area contributed by atoms with Crippen LogP contribution in [0, 0.1) is 13.8 Å². The summed E-state index contributed by atoms with van der Waals surface area (Å²) in [5.41, 5.74) is 3.80. The third-order valence-electron chi connectivity index (χ3n) is 3.80. The number of hydrogen-bond acceptors (Lipinski definition) is 2. The van der Waals surface area contributed by atoms with Gasteiger partial charge in [-0.1, -0.05) is 29.8 Å². The molecule has 0 atom stereocenters. The van der Waals surface area contributed by atoms with Crippen molar-refractivity contribution in [1.82, 2.24) is 10.6 Å². The maximum Gasteiger partial charge on any atom is 0.251 e. The Bertz CT molecular complexity index is 744. The van der Waals surface area contributed by atoms with Crippen molar-refractivity contribution >= 4 is 23.4 Å². The lowest BCUT2D eigenvalue weighted by Crippen LogP contribution is -2.37. The van der Waals surface area contributed by atoms with Gasteiger partial charge in [0.25, 0.3) is 5.91 Å². The summed E-state index contributed by atoms with van der Waals surface area (Å²) >= 11 is 5.92. The van der Waals surface area contributed by atoms with Crippen LogP contribution in [0.3, 0.4) is 0 Å². The molecule has 0 aliphatic heterocycles. The molecular weight excluding hydrogens is 324 g/mol. The zero-order valence-electron chi connectivity index (χ0n) is 13.9. The first-order chi connectivity index (χ1) is 11.5. The van der Waals surface area contributed by atoms with E-state index in [1.165, 1.54) is 0 Å².